The van der Waals surface area contributed by atoms with Crippen molar-refractivity contribution in [2.45, 2.75) is 16.3 Å². The van der Waals surface area contributed by atoms with Crippen molar-refractivity contribution in [1.29, 1.82) is 0 Å². The van der Waals surface area contributed by atoms with Crippen LogP contribution in [0.3, 0.4) is 0 Å². The Kier molecular flexibility index (Phi) is 5.94. The van der Waals surface area contributed by atoms with Crippen molar-refractivity contribution >= 4 is 19.9 Å². The van der Waals surface area contributed by atoms with Crippen LogP contribution in [0.4, 0.5) is 0 Å². The Balaban J connectivity index is 2.32. The third-order valence-electron chi connectivity index (χ3n) is 3.84. The van der Waals surface area contributed by atoms with Gasteiger partial charge in [-0.15, -0.1) is 0 Å². The van der Waals surface area contributed by atoms with Gasteiger partial charge in [0.05, 0.1) is 24.0 Å². The first kappa shape index (κ1) is 20.2. The molecule has 2 rings (SSSR count). The number of nitrogens with zero attached hydrogens (tertiary/aromatic N) is 1. The van der Waals surface area contributed by atoms with E-state index in [4.69, 9.17) is 9.47 Å². The lowest BCUT2D eigenvalue weighted by Gasteiger charge is -2.19. The van der Waals surface area contributed by atoms with Gasteiger partial charge in [0, 0.05) is 25.4 Å². The van der Waals surface area contributed by atoms with Crippen LogP contribution in [0, 0.1) is 0 Å². The molecule has 0 atom stereocenters. The number of rotatable bonds is 7. The molecule has 0 radical (unpaired) electrons. The molecular weight excluding hydrogens is 378 g/mol. The fraction of sp³-hybridized carbons (Fsp3) is 0.294. The summed E-state index contributed by atoms with van der Waals surface area (Å²) in [4.78, 5) is 0.0721. The average Bonchev–Trinajstić information content (AvgIpc) is 2.60. The van der Waals surface area contributed by atoms with Gasteiger partial charge in [-0.25, -0.2) is 16.8 Å². The molecule has 0 saturated carbocycles. The van der Waals surface area contributed by atoms with Crippen molar-refractivity contribution in [2.24, 2.45) is 0 Å². The van der Waals surface area contributed by atoms with Gasteiger partial charge < -0.3 is 9.47 Å². The van der Waals surface area contributed by atoms with Crippen molar-refractivity contribution in [3.05, 3.63) is 48.0 Å². The smallest absolute Gasteiger partial charge is 0.243 e. The molecule has 2 aromatic rings. The molecule has 0 N–H and O–H groups in total. The number of hydrogen-bond acceptors (Lipinski definition) is 6. The first-order valence-electron chi connectivity index (χ1n) is 7.57. The molecule has 26 heavy (non-hydrogen) atoms. The van der Waals surface area contributed by atoms with E-state index in [9.17, 15) is 16.8 Å². The number of sulfonamides is 1. The van der Waals surface area contributed by atoms with E-state index >= 15 is 0 Å². The summed E-state index contributed by atoms with van der Waals surface area (Å²) in [5, 5.41) is 0. The van der Waals surface area contributed by atoms with Crippen LogP contribution in [-0.2, 0) is 26.4 Å². The molecule has 0 heterocycles. The highest BCUT2D eigenvalue weighted by atomic mass is 32.2. The summed E-state index contributed by atoms with van der Waals surface area (Å²) in [6.07, 6.45) is 1.07. The maximum absolute atomic E-state index is 12.8. The molecule has 0 bridgehead atoms. The van der Waals surface area contributed by atoms with Crippen LogP contribution in [0.2, 0.25) is 0 Å². The van der Waals surface area contributed by atoms with E-state index in [1.807, 2.05) is 0 Å². The van der Waals surface area contributed by atoms with E-state index in [0.29, 0.717) is 17.1 Å². The van der Waals surface area contributed by atoms with Gasteiger partial charge in [0.25, 0.3) is 0 Å². The van der Waals surface area contributed by atoms with E-state index in [1.165, 1.54) is 49.8 Å². The molecule has 142 valence electrons. The summed E-state index contributed by atoms with van der Waals surface area (Å²) < 4.78 is 60.2. The topological polar surface area (TPSA) is 90.0 Å². The zero-order valence-corrected chi connectivity index (χ0v) is 16.6. The predicted octanol–water partition coefficient (Wildman–Crippen LogP) is 1.93. The monoisotopic (exact) mass is 399 g/mol. The van der Waals surface area contributed by atoms with Crippen LogP contribution >= 0.6 is 0 Å². The highest BCUT2D eigenvalue weighted by Crippen LogP contribution is 2.27. The summed E-state index contributed by atoms with van der Waals surface area (Å²) in [6, 6.07) is 10.3. The average molecular weight is 399 g/mol. The maximum Gasteiger partial charge on any atom is 0.243 e. The molecule has 0 aliphatic rings. The number of hydrogen-bond donors (Lipinski definition) is 0. The summed E-state index contributed by atoms with van der Waals surface area (Å²) >= 11 is 0. The molecule has 0 aromatic heterocycles. The van der Waals surface area contributed by atoms with Crippen LogP contribution < -0.4 is 9.47 Å². The van der Waals surface area contributed by atoms with Crippen LogP contribution in [-0.4, -0.2) is 48.7 Å². The van der Waals surface area contributed by atoms with Gasteiger partial charge in [0.15, 0.2) is 9.84 Å². The Bertz CT molecular complexity index is 982. The fourth-order valence-electron chi connectivity index (χ4n) is 2.37. The van der Waals surface area contributed by atoms with Crippen LogP contribution in [0.1, 0.15) is 5.56 Å². The molecule has 0 saturated heterocycles. The highest BCUT2D eigenvalue weighted by molar-refractivity contribution is 7.90. The van der Waals surface area contributed by atoms with Crippen LogP contribution in [0.15, 0.2) is 52.3 Å². The van der Waals surface area contributed by atoms with Crippen molar-refractivity contribution in [3.63, 3.8) is 0 Å². The third-order valence-corrected chi connectivity index (χ3v) is 6.79. The molecule has 0 aliphatic carbocycles. The summed E-state index contributed by atoms with van der Waals surface area (Å²) in [7, 11) is -2.72. The minimum atomic E-state index is -3.80. The minimum absolute atomic E-state index is 0.00858. The molecule has 2 aromatic carbocycles. The minimum Gasteiger partial charge on any atom is -0.497 e. The Morgan fingerprint density at radius 3 is 1.96 bits per heavy atom. The highest BCUT2D eigenvalue weighted by Gasteiger charge is 2.23. The molecule has 0 aliphatic heterocycles. The molecule has 7 nitrogen and oxygen atoms in total. The summed E-state index contributed by atoms with van der Waals surface area (Å²) in [6.45, 7) is 0.0660. The van der Waals surface area contributed by atoms with Gasteiger partial charge >= 0.3 is 0 Å². The Labute approximate surface area is 154 Å². The van der Waals surface area contributed by atoms with Crippen molar-refractivity contribution in [3.8, 4) is 11.5 Å². The normalized spacial score (nSPS) is 12.2. The largest absolute Gasteiger partial charge is 0.497 e. The Hall–Kier alpha value is -2.10. The van der Waals surface area contributed by atoms with Crippen molar-refractivity contribution in [2.75, 3.05) is 27.5 Å². The van der Waals surface area contributed by atoms with Gasteiger partial charge in [-0.05, 0) is 42.5 Å². The van der Waals surface area contributed by atoms with Crippen molar-refractivity contribution < 1.29 is 26.3 Å². The van der Waals surface area contributed by atoms with E-state index in [1.54, 1.807) is 18.2 Å². The molecular formula is C17H21NO6S2. The van der Waals surface area contributed by atoms with E-state index in [0.717, 1.165) is 6.26 Å². The van der Waals surface area contributed by atoms with Gasteiger partial charge in [0.2, 0.25) is 10.0 Å². The Morgan fingerprint density at radius 2 is 1.46 bits per heavy atom. The van der Waals surface area contributed by atoms with Crippen molar-refractivity contribution in [1.82, 2.24) is 4.31 Å². The van der Waals surface area contributed by atoms with Gasteiger partial charge in [-0.1, -0.05) is 0 Å². The van der Waals surface area contributed by atoms with Gasteiger partial charge in [-0.2, -0.15) is 4.31 Å². The lowest BCUT2D eigenvalue weighted by molar-refractivity contribution is 0.389. The molecule has 0 fully saturated rings. The van der Waals surface area contributed by atoms with Crippen LogP contribution in [0.25, 0.3) is 0 Å². The second-order valence-electron chi connectivity index (χ2n) is 5.68. The predicted molar refractivity (Wildman–Crippen MR) is 97.8 cm³/mol. The van der Waals surface area contributed by atoms with E-state index in [2.05, 4.69) is 0 Å². The summed E-state index contributed by atoms with van der Waals surface area (Å²) in [5.41, 5.74) is 0.644. The van der Waals surface area contributed by atoms with Crippen LogP contribution in [0.5, 0.6) is 11.5 Å². The summed E-state index contributed by atoms with van der Waals surface area (Å²) in [5.74, 6) is 1.13. The maximum atomic E-state index is 12.8. The second-order valence-corrected chi connectivity index (χ2v) is 9.74. The second kappa shape index (κ2) is 7.65. The fourth-order valence-corrected chi connectivity index (χ4v) is 4.15. The lowest BCUT2D eigenvalue weighted by Crippen LogP contribution is -2.26. The zero-order chi connectivity index (χ0) is 19.5. The quantitative estimate of drug-likeness (QED) is 0.707. The standard InChI is InChI=1S/C17H21NO6S2/c1-18(12-13-11-14(23-2)5-10-17(13)24-3)26(21,22)16-8-6-15(7-9-16)25(4,19)20/h5-11H,12H2,1-4H3. The number of sulfone groups is 1. The van der Waals surface area contributed by atoms with E-state index < -0.39 is 19.9 Å². The first-order chi connectivity index (χ1) is 12.1. The number of methoxy groups -OCH3 is 2. The first-order valence-corrected chi connectivity index (χ1v) is 10.9. The van der Waals surface area contributed by atoms with E-state index in [-0.39, 0.29) is 16.3 Å². The Morgan fingerprint density at radius 1 is 0.885 bits per heavy atom. The molecule has 0 spiro atoms. The van der Waals surface area contributed by atoms with Gasteiger partial charge in [-0.3, -0.25) is 0 Å². The molecule has 0 unspecified atom stereocenters. The zero-order valence-electron chi connectivity index (χ0n) is 15.0. The third kappa shape index (κ3) is 4.35. The number of benzene rings is 2. The van der Waals surface area contributed by atoms with Gasteiger partial charge in [0.1, 0.15) is 11.5 Å². The molecule has 9 heteroatoms. The molecule has 0 amide bonds. The lowest BCUT2D eigenvalue weighted by atomic mass is 10.2. The number of ether oxygens (including phenoxy) is 2. The SMILES string of the molecule is COc1ccc(OC)c(CN(C)S(=O)(=O)c2ccc(S(C)(=O)=O)cc2)c1.